The Morgan fingerprint density at radius 1 is 0.538 bits per heavy atom. The lowest BCUT2D eigenvalue weighted by atomic mass is 9.87. The molecule has 334 valence electrons. The Labute approximate surface area is 381 Å². The van der Waals surface area contributed by atoms with E-state index in [1.165, 1.54) is 22.4 Å². The highest BCUT2D eigenvalue weighted by atomic mass is 16.2. The molecule has 11 nitrogen and oxygen atoms in total. The summed E-state index contributed by atoms with van der Waals surface area (Å²) < 4.78 is 0. The molecule has 6 atom stereocenters. The number of imidazole rings is 2. The number of rotatable bonds is 9. The molecule has 7 aromatic rings. The highest BCUT2D eigenvalue weighted by molar-refractivity contribution is 5.89. The molecule has 0 bridgehead atoms. The molecule has 0 unspecified atom stereocenters. The lowest BCUT2D eigenvalue weighted by molar-refractivity contribution is -0.138. The number of benzene rings is 5. The Morgan fingerprint density at radius 2 is 0.969 bits per heavy atom. The molecular weight excluding hydrogens is 807 g/mol. The number of fused-ring (bicyclic) bond motifs is 2. The highest BCUT2D eigenvalue weighted by Crippen LogP contribution is 2.48. The van der Waals surface area contributed by atoms with Gasteiger partial charge in [0.2, 0.25) is 11.8 Å². The average molecular weight is 868 g/mol. The van der Waals surface area contributed by atoms with Crippen molar-refractivity contribution in [3.8, 4) is 0 Å². The predicted molar refractivity (Wildman–Crippen MR) is 258 cm³/mol. The van der Waals surface area contributed by atoms with Crippen LogP contribution in [0, 0.1) is 0 Å². The van der Waals surface area contributed by atoms with Gasteiger partial charge < -0.3 is 36.1 Å². The van der Waals surface area contributed by atoms with Gasteiger partial charge in [0.15, 0.2) is 0 Å². The van der Waals surface area contributed by atoms with Gasteiger partial charge in [0.1, 0.15) is 22.7 Å². The molecule has 0 spiro atoms. The largest absolute Gasteiger partial charge is 0.357 e. The molecule has 0 saturated carbocycles. The summed E-state index contributed by atoms with van der Waals surface area (Å²) in [5, 5.41) is 0. The Morgan fingerprint density at radius 3 is 1.38 bits per heavy atom. The molecule has 5 aromatic carbocycles. The van der Waals surface area contributed by atoms with Crippen LogP contribution in [0.15, 0.2) is 121 Å². The van der Waals surface area contributed by atoms with Gasteiger partial charge in [-0.1, -0.05) is 106 Å². The molecule has 6 N–H and O–H groups in total. The molecule has 3 saturated heterocycles. The zero-order chi connectivity index (χ0) is 45.3. The molecule has 2 amide bonds. The number of H-pyrrole nitrogens is 2. The maximum Gasteiger partial charge on any atom is 0.247 e. The topological polar surface area (TPSA) is 153 Å². The number of likely N-dealkylation sites (tertiary alicyclic amines) is 2. The molecule has 65 heavy (non-hydrogen) atoms. The van der Waals surface area contributed by atoms with Crippen LogP contribution in [0.25, 0.3) is 22.1 Å². The fraction of sp³-hybridized carbons (Fsp3) is 0.370. The summed E-state index contributed by atoms with van der Waals surface area (Å²) in [6.07, 6.45) is 5.34. The van der Waals surface area contributed by atoms with Crippen molar-refractivity contribution in [3.05, 3.63) is 161 Å². The lowest BCUT2D eigenvalue weighted by Gasteiger charge is -2.34. The smallest absolute Gasteiger partial charge is 0.247 e. The van der Waals surface area contributed by atoms with Crippen LogP contribution < -0.4 is 16.4 Å². The molecule has 3 aliphatic heterocycles. The average Bonchev–Trinajstić information content (AvgIpc) is 4.17. The number of aromatic nitrogens is 4. The van der Waals surface area contributed by atoms with Crippen molar-refractivity contribution in [2.24, 2.45) is 11.5 Å². The highest BCUT2D eigenvalue weighted by Gasteiger charge is 2.43. The fourth-order valence-electron chi connectivity index (χ4n) is 10.8. The summed E-state index contributed by atoms with van der Waals surface area (Å²) in [5.41, 5.74) is 21.4. The van der Waals surface area contributed by atoms with Gasteiger partial charge in [-0.25, -0.2) is 9.97 Å². The zero-order valence-corrected chi connectivity index (χ0v) is 38.2. The number of carbonyl (C=O) groups excluding carboxylic acids is 2. The molecule has 10 rings (SSSR count). The summed E-state index contributed by atoms with van der Waals surface area (Å²) in [5.74, 6) is 1.43. The maximum atomic E-state index is 14.1. The zero-order valence-electron chi connectivity index (χ0n) is 38.2. The quantitative estimate of drug-likeness (QED) is 0.113. The third-order valence-corrected chi connectivity index (χ3v) is 14.5. The standard InChI is InChI=1S/C54H61N9O2/c1-52(2,3)36-22-24-39(25-23-36)63-44(34-20-26-40-42(32-34)59-48(57-40)46-18-12-30-61(46)50(64)53(4,55)37-14-8-6-9-15-37)28-29-45(63)35-21-27-41-43(33-35)60-49(58-41)47-19-13-31-62(47)51(65)54(5,56)38-16-10-7-11-17-38/h6-11,14-17,20-27,32-33,44-47H,12-13,18-19,28-31,55-56H2,1-5H3,(H,57,59)(H,58,60)/t44-,45-,46+,47+,53-,54-/m1/s1. The molecule has 0 radical (unpaired) electrons. The number of amides is 2. The summed E-state index contributed by atoms with van der Waals surface area (Å²) in [6, 6.07) is 41.4. The van der Waals surface area contributed by atoms with Gasteiger partial charge in [-0.2, -0.15) is 0 Å². The molecule has 3 fully saturated rings. The van der Waals surface area contributed by atoms with Crippen molar-refractivity contribution >= 4 is 39.6 Å². The first-order chi connectivity index (χ1) is 31.2. The van der Waals surface area contributed by atoms with E-state index in [1.807, 2.05) is 84.3 Å². The number of nitrogens with zero attached hydrogens (tertiary/aromatic N) is 5. The first kappa shape index (κ1) is 42.6. The number of aromatic amines is 2. The van der Waals surface area contributed by atoms with Crippen molar-refractivity contribution in [2.45, 2.75) is 114 Å². The van der Waals surface area contributed by atoms with Crippen LogP contribution in [0.2, 0.25) is 0 Å². The van der Waals surface area contributed by atoms with Gasteiger partial charge in [-0.05, 0) is 122 Å². The second kappa shape index (κ2) is 16.3. The van der Waals surface area contributed by atoms with Crippen LogP contribution >= 0.6 is 0 Å². The van der Waals surface area contributed by atoms with Crippen LogP contribution in [0.5, 0.6) is 0 Å². The Bertz CT molecular complexity index is 2690. The van der Waals surface area contributed by atoms with Crippen molar-refractivity contribution in [1.29, 1.82) is 0 Å². The summed E-state index contributed by atoms with van der Waals surface area (Å²) in [7, 11) is 0. The van der Waals surface area contributed by atoms with Gasteiger partial charge in [0.25, 0.3) is 0 Å². The van der Waals surface area contributed by atoms with Gasteiger partial charge in [0.05, 0.1) is 46.2 Å². The van der Waals surface area contributed by atoms with Crippen molar-refractivity contribution in [3.63, 3.8) is 0 Å². The second-order valence-corrected chi connectivity index (χ2v) is 20.1. The van der Waals surface area contributed by atoms with E-state index >= 15 is 0 Å². The normalized spacial score (nSPS) is 22.2. The van der Waals surface area contributed by atoms with Crippen LogP contribution in [0.3, 0.4) is 0 Å². The molecule has 11 heteroatoms. The van der Waals surface area contributed by atoms with E-state index < -0.39 is 11.1 Å². The molecule has 5 heterocycles. The molecule has 3 aliphatic rings. The first-order valence-corrected chi connectivity index (χ1v) is 23.4. The maximum absolute atomic E-state index is 14.1. The minimum atomic E-state index is -1.14. The van der Waals surface area contributed by atoms with Gasteiger partial charge in [-0.15, -0.1) is 0 Å². The Kier molecular flexibility index (Phi) is 10.7. The molecule has 2 aromatic heterocycles. The number of nitrogens with one attached hydrogen (secondary N) is 2. The van der Waals surface area contributed by atoms with E-state index in [4.69, 9.17) is 21.4 Å². The van der Waals surface area contributed by atoms with Crippen LogP contribution in [-0.4, -0.2) is 54.6 Å². The minimum absolute atomic E-state index is 0.0292. The first-order valence-electron chi connectivity index (χ1n) is 23.4. The Balaban J connectivity index is 0.947. The number of hydrogen-bond acceptors (Lipinski definition) is 7. The van der Waals surface area contributed by atoms with Crippen molar-refractivity contribution in [2.75, 3.05) is 18.0 Å². The van der Waals surface area contributed by atoms with E-state index in [1.54, 1.807) is 0 Å². The second-order valence-electron chi connectivity index (χ2n) is 20.1. The van der Waals surface area contributed by atoms with Gasteiger partial charge in [0, 0.05) is 18.8 Å². The molecule has 0 aliphatic carbocycles. The van der Waals surface area contributed by atoms with Crippen molar-refractivity contribution in [1.82, 2.24) is 29.7 Å². The number of anilines is 1. The van der Waals surface area contributed by atoms with Crippen LogP contribution in [-0.2, 0) is 26.1 Å². The monoisotopic (exact) mass is 867 g/mol. The summed E-state index contributed by atoms with van der Waals surface area (Å²) >= 11 is 0. The van der Waals surface area contributed by atoms with Crippen molar-refractivity contribution < 1.29 is 9.59 Å². The van der Waals surface area contributed by atoms with E-state index in [9.17, 15) is 9.59 Å². The van der Waals surface area contributed by atoms with E-state index in [0.29, 0.717) is 13.1 Å². The van der Waals surface area contributed by atoms with E-state index in [2.05, 4.69) is 96.3 Å². The molecular formula is C54H61N9O2. The SMILES string of the molecule is CC(C)(C)c1ccc(N2[C@@H](c3ccc4[nH]c([C@@H]5CCCN5C(=O)[C@](C)(N)c5ccccc5)nc4c3)CC[C@@H]2c2ccc3[nH]c([C@@H]4CCCN4C(=O)[C@](C)(N)c4ccccc4)nc3c2)cc1. The predicted octanol–water partition coefficient (Wildman–Crippen LogP) is 9.89. The van der Waals surface area contributed by atoms with E-state index in [-0.39, 0.29) is 41.4 Å². The minimum Gasteiger partial charge on any atom is -0.357 e. The van der Waals surface area contributed by atoms with Gasteiger partial charge in [-0.3, -0.25) is 9.59 Å². The van der Waals surface area contributed by atoms with Crippen LogP contribution in [0.4, 0.5) is 5.69 Å². The van der Waals surface area contributed by atoms with Crippen LogP contribution in [0.1, 0.15) is 137 Å². The van der Waals surface area contributed by atoms with Gasteiger partial charge >= 0.3 is 0 Å². The van der Waals surface area contributed by atoms with E-state index in [0.717, 1.165) is 83.4 Å². The third kappa shape index (κ3) is 7.68. The lowest BCUT2D eigenvalue weighted by Crippen LogP contribution is -2.50. The number of nitrogens with two attached hydrogens (primary N) is 2. The number of hydrogen-bond donors (Lipinski definition) is 4. The Hall–Kier alpha value is -6.30. The number of carbonyl (C=O) groups is 2. The third-order valence-electron chi connectivity index (χ3n) is 14.5. The summed E-state index contributed by atoms with van der Waals surface area (Å²) in [4.78, 5) is 52.1. The summed E-state index contributed by atoms with van der Waals surface area (Å²) in [6.45, 7) is 11.7. The fourth-order valence-corrected chi connectivity index (χ4v) is 10.8.